The van der Waals surface area contributed by atoms with Gasteiger partial charge in [-0.2, -0.15) is 0 Å². The molecule has 24 heavy (non-hydrogen) atoms. The van der Waals surface area contributed by atoms with E-state index in [4.69, 9.17) is 16.3 Å². The normalized spacial score (nSPS) is 10.9. The van der Waals surface area contributed by atoms with Crippen molar-refractivity contribution in [2.45, 2.75) is 6.61 Å². The third kappa shape index (κ3) is 3.01. The molecule has 0 saturated heterocycles. The lowest BCUT2D eigenvalue weighted by Gasteiger charge is -2.08. The average Bonchev–Trinajstić information content (AvgIpc) is 3.04. The van der Waals surface area contributed by atoms with Gasteiger partial charge in [0, 0.05) is 16.6 Å². The fourth-order valence-corrected chi connectivity index (χ4v) is 2.97. The molecule has 1 heterocycles. The summed E-state index contributed by atoms with van der Waals surface area (Å²) in [4.78, 5) is 3.41. The Labute approximate surface area is 145 Å². The van der Waals surface area contributed by atoms with Crippen LogP contribution in [-0.2, 0) is 6.61 Å². The van der Waals surface area contributed by atoms with E-state index >= 15 is 0 Å². The summed E-state index contributed by atoms with van der Waals surface area (Å²) in [5.74, 6) is 0.701. The van der Waals surface area contributed by atoms with Crippen LogP contribution in [0, 0.1) is 0 Å². The van der Waals surface area contributed by atoms with Crippen molar-refractivity contribution in [3.63, 3.8) is 0 Å². The smallest absolute Gasteiger partial charge is 0.139 e. The summed E-state index contributed by atoms with van der Waals surface area (Å²) in [5, 5.41) is 1.70. The molecule has 1 N–H and O–H groups in total. The first-order valence-electron chi connectivity index (χ1n) is 7.84. The third-order valence-corrected chi connectivity index (χ3v) is 4.29. The first-order chi connectivity index (χ1) is 11.8. The van der Waals surface area contributed by atoms with Crippen LogP contribution in [0.25, 0.3) is 22.2 Å². The number of hydrogen-bond acceptors (Lipinski definition) is 1. The lowest BCUT2D eigenvalue weighted by molar-refractivity contribution is 0.307. The maximum Gasteiger partial charge on any atom is 0.139 e. The molecule has 0 aliphatic carbocycles. The van der Waals surface area contributed by atoms with E-state index in [0.717, 1.165) is 27.7 Å². The Bertz CT molecular complexity index is 961. The molecule has 0 unspecified atom stereocenters. The van der Waals surface area contributed by atoms with Crippen molar-refractivity contribution < 1.29 is 4.74 Å². The van der Waals surface area contributed by atoms with Crippen LogP contribution in [-0.4, -0.2) is 4.98 Å². The number of fused-ring (bicyclic) bond motifs is 1. The fourth-order valence-electron chi connectivity index (χ4n) is 2.75. The third-order valence-electron chi connectivity index (χ3n) is 4.00. The summed E-state index contributed by atoms with van der Waals surface area (Å²) in [6, 6.07) is 26.3. The van der Waals surface area contributed by atoms with Gasteiger partial charge in [0.2, 0.25) is 0 Å². The molecule has 0 bridgehead atoms. The van der Waals surface area contributed by atoms with Crippen LogP contribution in [0.5, 0.6) is 5.75 Å². The molecule has 0 amide bonds. The van der Waals surface area contributed by atoms with Crippen LogP contribution in [0.1, 0.15) is 5.56 Å². The van der Waals surface area contributed by atoms with E-state index in [2.05, 4.69) is 23.2 Å². The quantitative estimate of drug-likeness (QED) is 0.482. The average molecular weight is 334 g/mol. The molecule has 0 atom stereocenters. The molecular weight excluding hydrogens is 318 g/mol. The van der Waals surface area contributed by atoms with Gasteiger partial charge >= 0.3 is 0 Å². The number of benzene rings is 3. The number of rotatable bonds is 4. The topological polar surface area (TPSA) is 25.0 Å². The highest BCUT2D eigenvalue weighted by atomic mass is 35.5. The van der Waals surface area contributed by atoms with E-state index in [0.29, 0.717) is 17.4 Å². The van der Waals surface area contributed by atoms with Gasteiger partial charge in [0.1, 0.15) is 12.4 Å². The van der Waals surface area contributed by atoms with E-state index in [1.807, 2.05) is 60.7 Å². The van der Waals surface area contributed by atoms with Crippen LogP contribution in [0.4, 0.5) is 0 Å². The van der Waals surface area contributed by atoms with Gasteiger partial charge in [-0.3, -0.25) is 0 Å². The predicted octanol–water partition coefficient (Wildman–Crippen LogP) is 6.07. The molecule has 0 saturated carbocycles. The van der Waals surface area contributed by atoms with Gasteiger partial charge in [-0.15, -0.1) is 0 Å². The van der Waals surface area contributed by atoms with E-state index in [-0.39, 0.29) is 0 Å². The minimum atomic E-state index is 0.502. The lowest BCUT2D eigenvalue weighted by Crippen LogP contribution is -1.95. The second kappa shape index (κ2) is 6.42. The van der Waals surface area contributed by atoms with Crippen molar-refractivity contribution in [1.82, 2.24) is 4.98 Å². The molecule has 4 aromatic rings. The van der Waals surface area contributed by atoms with Gasteiger partial charge in [0.05, 0.1) is 5.02 Å². The lowest BCUT2D eigenvalue weighted by atomic mass is 10.1. The van der Waals surface area contributed by atoms with Gasteiger partial charge in [-0.05, 0) is 29.3 Å². The number of H-pyrrole nitrogens is 1. The summed E-state index contributed by atoms with van der Waals surface area (Å²) < 4.78 is 5.90. The Morgan fingerprint density at radius 2 is 1.54 bits per heavy atom. The molecule has 0 aliphatic heterocycles. The maximum atomic E-state index is 6.38. The van der Waals surface area contributed by atoms with Crippen LogP contribution in [0.15, 0.2) is 78.9 Å². The molecular formula is C21H16ClNO. The highest BCUT2D eigenvalue weighted by molar-refractivity contribution is 6.32. The van der Waals surface area contributed by atoms with E-state index in [1.165, 1.54) is 0 Å². The number of hydrogen-bond donors (Lipinski definition) is 1. The summed E-state index contributed by atoms with van der Waals surface area (Å²) in [6.45, 7) is 0.502. The predicted molar refractivity (Wildman–Crippen MR) is 99.5 cm³/mol. The minimum Gasteiger partial charge on any atom is -0.487 e. The monoisotopic (exact) mass is 333 g/mol. The van der Waals surface area contributed by atoms with Gasteiger partial charge in [0.25, 0.3) is 0 Å². The standard InChI is InChI=1S/C21H16ClNO/c22-18-13-20-17(11-19(23-20)16-9-5-2-6-10-16)12-21(18)24-14-15-7-3-1-4-8-15/h1-13,23H,14H2. The summed E-state index contributed by atoms with van der Waals surface area (Å²) >= 11 is 6.38. The van der Waals surface area contributed by atoms with Crippen molar-refractivity contribution in [3.8, 4) is 17.0 Å². The molecule has 3 aromatic carbocycles. The molecule has 0 fully saturated rings. The Kier molecular flexibility index (Phi) is 3.97. The van der Waals surface area contributed by atoms with Crippen LogP contribution < -0.4 is 4.74 Å². The first kappa shape index (κ1) is 14.9. The summed E-state index contributed by atoms with van der Waals surface area (Å²) in [5.41, 5.74) is 4.34. The molecule has 0 spiro atoms. The van der Waals surface area contributed by atoms with E-state index in [1.54, 1.807) is 0 Å². The molecule has 0 aliphatic rings. The number of ether oxygens (including phenoxy) is 1. The second-order valence-corrected chi connectivity index (χ2v) is 6.10. The first-order valence-corrected chi connectivity index (χ1v) is 8.22. The van der Waals surface area contributed by atoms with Gasteiger partial charge in [-0.1, -0.05) is 72.3 Å². The van der Waals surface area contributed by atoms with Crippen LogP contribution in [0.2, 0.25) is 5.02 Å². The minimum absolute atomic E-state index is 0.502. The highest BCUT2D eigenvalue weighted by Crippen LogP contribution is 2.33. The summed E-state index contributed by atoms with van der Waals surface area (Å²) in [7, 11) is 0. The van der Waals surface area contributed by atoms with Crippen LogP contribution >= 0.6 is 11.6 Å². The Morgan fingerprint density at radius 1 is 0.833 bits per heavy atom. The highest BCUT2D eigenvalue weighted by Gasteiger charge is 2.09. The number of halogens is 1. The SMILES string of the molecule is Clc1cc2[nH]c(-c3ccccc3)cc2cc1OCc1ccccc1. The number of aromatic nitrogens is 1. The van der Waals surface area contributed by atoms with Crippen molar-refractivity contribution >= 4 is 22.5 Å². The fraction of sp³-hybridized carbons (Fsp3) is 0.0476. The molecule has 0 radical (unpaired) electrons. The van der Waals surface area contributed by atoms with Crippen molar-refractivity contribution in [3.05, 3.63) is 89.4 Å². The van der Waals surface area contributed by atoms with Gasteiger partial charge in [0.15, 0.2) is 0 Å². The van der Waals surface area contributed by atoms with Crippen LogP contribution in [0.3, 0.4) is 0 Å². The van der Waals surface area contributed by atoms with Crippen molar-refractivity contribution in [1.29, 1.82) is 0 Å². The Balaban J connectivity index is 1.64. The van der Waals surface area contributed by atoms with Gasteiger partial charge in [-0.25, -0.2) is 0 Å². The molecule has 118 valence electrons. The Hall–Kier alpha value is -2.71. The zero-order valence-corrected chi connectivity index (χ0v) is 13.8. The molecule has 2 nitrogen and oxygen atoms in total. The van der Waals surface area contributed by atoms with Crippen molar-refractivity contribution in [2.24, 2.45) is 0 Å². The molecule has 1 aromatic heterocycles. The molecule has 3 heteroatoms. The van der Waals surface area contributed by atoms with E-state index < -0.39 is 0 Å². The number of nitrogens with one attached hydrogen (secondary N) is 1. The second-order valence-electron chi connectivity index (χ2n) is 5.69. The van der Waals surface area contributed by atoms with E-state index in [9.17, 15) is 0 Å². The zero-order valence-electron chi connectivity index (χ0n) is 13.0. The molecule has 4 rings (SSSR count). The maximum absolute atomic E-state index is 6.38. The summed E-state index contributed by atoms with van der Waals surface area (Å²) in [6.07, 6.45) is 0. The Morgan fingerprint density at radius 3 is 2.29 bits per heavy atom. The largest absolute Gasteiger partial charge is 0.487 e. The zero-order chi connectivity index (χ0) is 16.4. The number of aromatic amines is 1. The van der Waals surface area contributed by atoms with Gasteiger partial charge < -0.3 is 9.72 Å². The van der Waals surface area contributed by atoms with Crippen molar-refractivity contribution in [2.75, 3.05) is 0 Å².